The smallest absolute Gasteiger partial charge is 0.284 e. The van der Waals surface area contributed by atoms with Crippen molar-refractivity contribution in [1.82, 2.24) is 14.8 Å². The molecule has 0 amide bonds. The lowest BCUT2D eigenvalue weighted by Crippen LogP contribution is -2.20. The van der Waals surface area contributed by atoms with Gasteiger partial charge >= 0.3 is 6.18 Å². The van der Waals surface area contributed by atoms with E-state index >= 15 is 0 Å². The van der Waals surface area contributed by atoms with E-state index in [4.69, 9.17) is 0 Å². The molecule has 29 heavy (non-hydrogen) atoms. The number of H-pyrrole nitrogens is 1. The van der Waals surface area contributed by atoms with Crippen LogP contribution in [-0.4, -0.2) is 20.5 Å². The number of halogens is 3. The van der Waals surface area contributed by atoms with Crippen LogP contribution in [0.2, 0.25) is 0 Å². The second kappa shape index (κ2) is 7.00. The molecule has 4 rings (SSSR count). The number of hydrogen-bond acceptors (Lipinski definition) is 4. The highest BCUT2D eigenvalue weighted by molar-refractivity contribution is 7.20. The molecular formula is C20H15F3N4OS. The number of aromatic amines is 1. The van der Waals surface area contributed by atoms with E-state index in [9.17, 15) is 18.0 Å². The monoisotopic (exact) mass is 416 g/mol. The van der Waals surface area contributed by atoms with E-state index in [1.54, 1.807) is 48.5 Å². The molecule has 0 saturated carbocycles. The number of fused-ring (bicyclic) bond motifs is 1. The molecule has 4 aromatic rings. The van der Waals surface area contributed by atoms with Crippen LogP contribution < -0.4 is 5.56 Å². The minimum absolute atomic E-state index is 0.0257. The molecule has 0 radical (unpaired) electrons. The van der Waals surface area contributed by atoms with Crippen molar-refractivity contribution in [2.24, 2.45) is 4.99 Å². The average Bonchev–Trinajstić information content (AvgIpc) is 3.24. The number of hydrogen-bond donors (Lipinski definition) is 1. The third-order valence-electron chi connectivity index (χ3n) is 4.34. The topological polar surface area (TPSA) is 63.0 Å². The number of rotatable bonds is 3. The summed E-state index contributed by atoms with van der Waals surface area (Å²) in [5.41, 5.74) is -0.459. The van der Waals surface area contributed by atoms with Crippen LogP contribution in [0.4, 0.5) is 18.9 Å². The third-order valence-corrected chi connectivity index (χ3v) is 5.36. The first-order valence-corrected chi connectivity index (χ1v) is 9.46. The normalized spacial score (nSPS) is 12.7. The molecule has 0 fully saturated rings. The van der Waals surface area contributed by atoms with Crippen molar-refractivity contribution in [3.63, 3.8) is 0 Å². The van der Waals surface area contributed by atoms with Crippen LogP contribution in [-0.2, 0) is 6.18 Å². The fraction of sp³-hybridized carbons (Fsp3) is 0.150. The summed E-state index contributed by atoms with van der Waals surface area (Å²) in [7, 11) is 0. The number of para-hydroxylation sites is 1. The summed E-state index contributed by atoms with van der Waals surface area (Å²) in [6, 6.07) is 14.1. The Morgan fingerprint density at radius 1 is 1.14 bits per heavy atom. The first kappa shape index (κ1) is 19.1. The van der Waals surface area contributed by atoms with Gasteiger partial charge in [0.1, 0.15) is 0 Å². The number of nitrogens with zero attached hydrogens (tertiary/aromatic N) is 3. The molecule has 2 aromatic heterocycles. The Morgan fingerprint density at radius 3 is 2.48 bits per heavy atom. The molecule has 0 aliphatic carbocycles. The molecule has 0 aliphatic heterocycles. The van der Waals surface area contributed by atoms with Crippen molar-refractivity contribution in [3.8, 4) is 5.13 Å². The van der Waals surface area contributed by atoms with Gasteiger partial charge in [0.15, 0.2) is 5.69 Å². The molecule has 0 atom stereocenters. The van der Waals surface area contributed by atoms with Gasteiger partial charge in [0, 0.05) is 0 Å². The van der Waals surface area contributed by atoms with Crippen molar-refractivity contribution >= 4 is 33.0 Å². The molecule has 9 heteroatoms. The quantitative estimate of drug-likeness (QED) is 0.464. The van der Waals surface area contributed by atoms with Gasteiger partial charge in [0.25, 0.3) is 5.56 Å². The Kier molecular flexibility index (Phi) is 4.62. The van der Waals surface area contributed by atoms with Crippen LogP contribution in [0, 0.1) is 6.92 Å². The molecule has 148 valence electrons. The van der Waals surface area contributed by atoms with Crippen molar-refractivity contribution in [2.45, 2.75) is 20.0 Å². The van der Waals surface area contributed by atoms with E-state index in [1.807, 2.05) is 6.92 Å². The summed E-state index contributed by atoms with van der Waals surface area (Å²) in [5, 5.41) is 2.32. The number of nitrogens with one attached hydrogen (secondary N) is 1. The predicted molar refractivity (Wildman–Crippen MR) is 108 cm³/mol. The second-order valence-corrected chi connectivity index (χ2v) is 7.51. The number of benzene rings is 2. The largest absolute Gasteiger partial charge is 0.433 e. The van der Waals surface area contributed by atoms with E-state index in [2.05, 4.69) is 15.1 Å². The number of alkyl halides is 3. The fourth-order valence-electron chi connectivity index (χ4n) is 2.94. The number of aryl methyl sites for hydroxylation is 1. The first-order valence-electron chi connectivity index (χ1n) is 8.64. The lowest BCUT2D eigenvalue weighted by atomic mass is 10.1. The van der Waals surface area contributed by atoms with Crippen LogP contribution in [0.3, 0.4) is 0 Å². The van der Waals surface area contributed by atoms with Crippen LogP contribution in [0.1, 0.15) is 23.7 Å². The fourth-order valence-corrected chi connectivity index (χ4v) is 3.86. The SMILES string of the molecule is CC(=Nc1ccc(C)cc1)c1c(C(F)(F)F)[nH]n(-c2nc3ccccc3s2)c1=O. The van der Waals surface area contributed by atoms with Crippen molar-refractivity contribution in [2.75, 3.05) is 0 Å². The number of thiazole rings is 1. The van der Waals surface area contributed by atoms with E-state index in [0.29, 0.717) is 11.2 Å². The summed E-state index contributed by atoms with van der Waals surface area (Å²) in [4.78, 5) is 21.4. The first-order chi connectivity index (χ1) is 13.7. The molecule has 5 nitrogen and oxygen atoms in total. The number of aliphatic imine (C=N–C) groups is 1. The Hall–Kier alpha value is -3.20. The zero-order valence-corrected chi connectivity index (χ0v) is 16.2. The Labute approximate surface area is 167 Å². The minimum Gasteiger partial charge on any atom is -0.284 e. The van der Waals surface area contributed by atoms with Gasteiger partial charge in [-0.05, 0) is 38.1 Å². The van der Waals surface area contributed by atoms with Crippen molar-refractivity contribution < 1.29 is 13.2 Å². The third kappa shape index (κ3) is 3.61. The summed E-state index contributed by atoms with van der Waals surface area (Å²) in [6.45, 7) is 3.29. The standard InChI is InChI=1S/C20H15F3N4OS/c1-11-7-9-13(10-8-11)24-12(2)16-17(20(21,22)23)26-27(18(16)28)19-25-14-5-3-4-6-15(14)29-19/h3-10,26H,1-2H3. The molecule has 2 heterocycles. The Balaban J connectivity index is 1.89. The zero-order chi connectivity index (χ0) is 20.8. The summed E-state index contributed by atoms with van der Waals surface area (Å²) in [5.74, 6) is 0. The zero-order valence-electron chi connectivity index (χ0n) is 15.4. The van der Waals surface area contributed by atoms with Crippen LogP contribution in [0.5, 0.6) is 0 Å². The maximum Gasteiger partial charge on any atom is 0.433 e. The van der Waals surface area contributed by atoms with Crippen molar-refractivity contribution in [3.05, 3.63) is 75.7 Å². The number of aromatic nitrogens is 3. The lowest BCUT2D eigenvalue weighted by Gasteiger charge is -2.06. The molecule has 0 unspecified atom stereocenters. The maximum absolute atomic E-state index is 13.7. The van der Waals surface area contributed by atoms with E-state index in [0.717, 1.165) is 26.3 Å². The molecule has 2 aromatic carbocycles. The van der Waals surface area contributed by atoms with E-state index in [1.165, 1.54) is 6.92 Å². The van der Waals surface area contributed by atoms with Gasteiger partial charge in [0.2, 0.25) is 5.13 Å². The van der Waals surface area contributed by atoms with Gasteiger partial charge in [0.05, 0.1) is 27.2 Å². The Bertz CT molecular complexity index is 1250. The van der Waals surface area contributed by atoms with Gasteiger partial charge < -0.3 is 0 Å². The summed E-state index contributed by atoms with van der Waals surface area (Å²) >= 11 is 1.13. The molecule has 1 N–H and O–H groups in total. The second-order valence-electron chi connectivity index (χ2n) is 6.50. The van der Waals surface area contributed by atoms with Gasteiger partial charge in [-0.25, -0.2) is 4.98 Å². The predicted octanol–water partition coefficient (Wildman–Crippen LogP) is 5.24. The van der Waals surface area contributed by atoms with Gasteiger partial charge in [-0.2, -0.15) is 17.9 Å². The highest BCUT2D eigenvalue weighted by Gasteiger charge is 2.39. The molecular weight excluding hydrogens is 401 g/mol. The van der Waals surface area contributed by atoms with Crippen LogP contribution in [0.25, 0.3) is 15.3 Å². The van der Waals surface area contributed by atoms with Crippen LogP contribution >= 0.6 is 11.3 Å². The Morgan fingerprint density at radius 2 is 1.83 bits per heavy atom. The van der Waals surface area contributed by atoms with Crippen LogP contribution in [0.15, 0.2) is 58.3 Å². The lowest BCUT2D eigenvalue weighted by molar-refractivity contribution is -0.141. The summed E-state index contributed by atoms with van der Waals surface area (Å²) in [6.07, 6.45) is -4.75. The molecule has 0 spiro atoms. The maximum atomic E-state index is 13.7. The molecule has 0 bridgehead atoms. The van der Waals surface area contributed by atoms with Gasteiger partial charge in [-0.1, -0.05) is 41.2 Å². The van der Waals surface area contributed by atoms with E-state index in [-0.39, 0.29) is 10.8 Å². The van der Waals surface area contributed by atoms with Crippen molar-refractivity contribution in [1.29, 1.82) is 0 Å². The highest BCUT2D eigenvalue weighted by atomic mass is 32.1. The minimum atomic E-state index is -4.75. The molecule has 0 aliphatic rings. The highest BCUT2D eigenvalue weighted by Crippen LogP contribution is 2.31. The van der Waals surface area contributed by atoms with Gasteiger partial charge in [-0.15, -0.1) is 0 Å². The van der Waals surface area contributed by atoms with E-state index < -0.39 is 23.0 Å². The molecule has 0 saturated heterocycles. The van der Waals surface area contributed by atoms with Gasteiger partial charge in [-0.3, -0.25) is 14.9 Å². The average molecular weight is 416 g/mol. The summed E-state index contributed by atoms with van der Waals surface area (Å²) < 4.78 is 42.6.